The summed E-state index contributed by atoms with van der Waals surface area (Å²) in [5.41, 5.74) is -2.05. The van der Waals surface area contributed by atoms with E-state index in [-0.39, 0.29) is 6.54 Å². The summed E-state index contributed by atoms with van der Waals surface area (Å²) in [6, 6.07) is 0. The van der Waals surface area contributed by atoms with E-state index in [9.17, 15) is 19.1 Å². The fourth-order valence-corrected chi connectivity index (χ4v) is 1.21. The third-order valence-corrected chi connectivity index (χ3v) is 1.99. The van der Waals surface area contributed by atoms with Crippen LogP contribution >= 0.6 is 0 Å². The number of aromatic amines is 1. The first kappa shape index (κ1) is 12.4. The zero-order valence-corrected chi connectivity index (χ0v) is 8.83. The minimum absolute atomic E-state index is 0.0817. The van der Waals surface area contributed by atoms with Crippen molar-refractivity contribution < 1.29 is 14.2 Å². The summed E-state index contributed by atoms with van der Waals surface area (Å²) in [5, 5.41) is 9.24. The average Bonchev–Trinajstić information content (AvgIpc) is 2.25. The Balaban J connectivity index is 2.84. The molecule has 1 rings (SSSR count). The summed E-state index contributed by atoms with van der Waals surface area (Å²) >= 11 is 0. The van der Waals surface area contributed by atoms with Crippen molar-refractivity contribution >= 4 is 0 Å². The lowest BCUT2D eigenvalue weighted by Crippen LogP contribution is -2.32. The number of aromatic hydroxyl groups is 1. The van der Waals surface area contributed by atoms with Crippen molar-refractivity contribution in [2.45, 2.75) is 19.9 Å². The van der Waals surface area contributed by atoms with Gasteiger partial charge in [-0.3, -0.25) is 14.3 Å². The smallest absolute Gasteiger partial charge is 0.331 e. The van der Waals surface area contributed by atoms with Crippen LogP contribution in [0.15, 0.2) is 9.59 Å². The van der Waals surface area contributed by atoms with Crippen LogP contribution in [0.3, 0.4) is 0 Å². The van der Waals surface area contributed by atoms with Crippen molar-refractivity contribution in [1.29, 1.82) is 0 Å². The number of ether oxygens (including phenoxy) is 1. The fraction of sp³-hybridized carbons (Fsp3) is 0.556. The standard InChI is InChI=1S/C9H13FN2O4/c1-2-16-5-3-4-12-8(14)6(10)7(13)11-9(12)15/h14H,2-5H2,1H3,(H,11,13,15). The third kappa shape index (κ3) is 2.69. The molecule has 6 nitrogen and oxygen atoms in total. The Morgan fingerprint density at radius 2 is 2.19 bits per heavy atom. The molecule has 0 aromatic carbocycles. The zero-order chi connectivity index (χ0) is 12.1. The van der Waals surface area contributed by atoms with Gasteiger partial charge in [0, 0.05) is 19.8 Å². The van der Waals surface area contributed by atoms with Crippen molar-refractivity contribution in [3.8, 4) is 5.88 Å². The number of nitrogens with one attached hydrogen (secondary N) is 1. The quantitative estimate of drug-likeness (QED) is 0.689. The molecule has 0 fully saturated rings. The van der Waals surface area contributed by atoms with Crippen LogP contribution in [0.5, 0.6) is 5.88 Å². The number of hydrogen-bond acceptors (Lipinski definition) is 4. The first-order valence-electron chi connectivity index (χ1n) is 4.87. The molecule has 1 aromatic heterocycles. The normalized spacial score (nSPS) is 10.6. The molecule has 90 valence electrons. The van der Waals surface area contributed by atoms with Crippen LogP contribution < -0.4 is 11.2 Å². The van der Waals surface area contributed by atoms with Crippen LogP contribution in [0.25, 0.3) is 0 Å². The van der Waals surface area contributed by atoms with Crippen molar-refractivity contribution in [3.63, 3.8) is 0 Å². The van der Waals surface area contributed by atoms with Crippen molar-refractivity contribution in [2.75, 3.05) is 13.2 Å². The molecule has 0 amide bonds. The minimum atomic E-state index is -1.35. The Morgan fingerprint density at radius 1 is 1.50 bits per heavy atom. The first-order chi connectivity index (χ1) is 7.57. The van der Waals surface area contributed by atoms with E-state index in [1.165, 1.54) is 0 Å². The topological polar surface area (TPSA) is 84.3 Å². The highest BCUT2D eigenvalue weighted by atomic mass is 19.1. The first-order valence-corrected chi connectivity index (χ1v) is 4.87. The van der Waals surface area contributed by atoms with Gasteiger partial charge in [0.1, 0.15) is 0 Å². The van der Waals surface area contributed by atoms with Crippen molar-refractivity contribution in [3.05, 3.63) is 26.7 Å². The van der Waals surface area contributed by atoms with Crippen LogP contribution in [-0.4, -0.2) is 27.9 Å². The van der Waals surface area contributed by atoms with Crippen molar-refractivity contribution in [1.82, 2.24) is 9.55 Å². The molecular weight excluding hydrogens is 219 g/mol. The van der Waals surface area contributed by atoms with Gasteiger partial charge < -0.3 is 9.84 Å². The maximum atomic E-state index is 13.0. The second-order valence-corrected chi connectivity index (χ2v) is 3.10. The van der Waals surface area contributed by atoms with Crippen LogP contribution in [0.1, 0.15) is 13.3 Å². The van der Waals surface area contributed by atoms with Gasteiger partial charge in [0.15, 0.2) is 0 Å². The number of halogens is 1. The Bertz CT molecular complexity index is 466. The lowest BCUT2D eigenvalue weighted by Gasteiger charge is -2.07. The van der Waals surface area contributed by atoms with Gasteiger partial charge in [-0.1, -0.05) is 0 Å². The fourth-order valence-electron chi connectivity index (χ4n) is 1.21. The van der Waals surface area contributed by atoms with Crippen LogP contribution in [0.4, 0.5) is 4.39 Å². The van der Waals surface area contributed by atoms with E-state index < -0.39 is 22.9 Å². The Labute approximate surface area is 90.3 Å². The number of rotatable bonds is 5. The van der Waals surface area contributed by atoms with E-state index in [2.05, 4.69) is 0 Å². The summed E-state index contributed by atoms with van der Waals surface area (Å²) in [7, 11) is 0. The number of nitrogens with zero attached hydrogens (tertiary/aromatic N) is 1. The van der Waals surface area contributed by atoms with E-state index in [1.54, 1.807) is 4.98 Å². The highest BCUT2D eigenvalue weighted by Crippen LogP contribution is 2.07. The monoisotopic (exact) mass is 232 g/mol. The van der Waals surface area contributed by atoms with Gasteiger partial charge in [-0.25, -0.2) is 4.79 Å². The van der Waals surface area contributed by atoms with Gasteiger partial charge in [0.05, 0.1) is 0 Å². The Morgan fingerprint density at radius 3 is 2.81 bits per heavy atom. The van der Waals surface area contributed by atoms with Gasteiger partial charge in [-0.2, -0.15) is 4.39 Å². The molecule has 0 atom stereocenters. The highest BCUT2D eigenvalue weighted by molar-refractivity contribution is 5.09. The molecule has 0 saturated heterocycles. The molecule has 7 heteroatoms. The molecule has 0 aliphatic heterocycles. The summed E-state index contributed by atoms with van der Waals surface area (Å²) < 4.78 is 18.7. The predicted molar refractivity (Wildman–Crippen MR) is 54.1 cm³/mol. The molecule has 0 aliphatic carbocycles. The average molecular weight is 232 g/mol. The second kappa shape index (κ2) is 5.45. The second-order valence-electron chi connectivity index (χ2n) is 3.10. The van der Waals surface area contributed by atoms with Gasteiger partial charge in [0.25, 0.3) is 5.56 Å². The summed E-state index contributed by atoms with van der Waals surface area (Å²) in [6.07, 6.45) is 0.437. The molecule has 0 unspecified atom stereocenters. The zero-order valence-electron chi connectivity index (χ0n) is 8.83. The van der Waals surface area contributed by atoms with Crippen molar-refractivity contribution in [2.24, 2.45) is 0 Å². The van der Waals surface area contributed by atoms with E-state index in [0.717, 1.165) is 4.57 Å². The maximum absolute atomic E-state index is 13.0. The SMILES string of the molecule is CCOCCCn1c(O)c(F)c(=O)[nH]c1=O. The third-order valence-electron chi connectivity index (χ3n) is 1.99. The summed E-state index contributed by atoms with van der Waals surface area (Å²) in [5.74, 6) is -2.29. The molecule has 2 N–H and O–H groups in total. The van der Waals surface area contributed by atoms with Gasteiger partial charge >= 0.3 is 5.69 Å². The number of aromatic nitrogens is 2. The van der Waals surface area contributed by atoms with Gasteiger partial charge in [-0.05, 0) is 13.3 Å². The highest BCUT2D eigenvalue weighted by Gasteiger charge is 2.12. The minimum Gasteiger partial charge on any atom is -0.492 e. The largest absolute Gasteiger partial charge is 0.492 e. The number of H-pyrrole nitrogens is 1. The molecule has 0 radical (unpaired) electrons. The Kier molecular flexibility index (Phi) is 4.24. The van der Waals surface area contributed by atoms with E-state index in [4.69, 9.17) is 4.74 Å². The lowest BCUT2D eigenvalue weighted by atomic mass is 10.4. The maximum Gasteiger partial charge on any atom is 0.331 e. The van der Waals surface area contributed by atoms with Gasteiger partial charge in [-0.15, -0.1) is 0 Å². The van der Waals surface area contributed by atoms with Gasteiger partial charge in [0.2, 0.25) is 11.7 Å². The van der Waals surface area contributed by atoms with E-state index in [1.807, 2.05) is 6.92 Å². The lowest BCUT2D eigenvalue weighted by molar-refractivity contribution is 0.140. The molecule has 1 aromatic rings. The molecule has 1 heterocycles. The molecule has 0 aliphatic rings. The summed E-state index contributed by atoms with van der Waals surface area (Å²) in [6.45, 7) is 2.84. The molecule has 0 spiro atoms. The van der Waals surface area contributed by atoms with Crippen LogP contribution in [0.2, 0.25) is 0 Å². The number of hydrogen-bond donors (Lipinski definition) is 2. The molecule has 16 heavy (non-hydrogen) atoms. The Hall–Kier alpha value is -1.63. The molecule has 0 bridgehead atoms. The van der Waals surface area contributed by atoms with E-state index >= 15 is 0 Å². The predicted octanol–water partition coefficient (Wildman–Crippen LogP) is -0.192. The van der Waals surface area contributed by atoms with Crippen LogP contribution in [0, 0.1) is 5.82 Å². The molecular formula is C9H13FN2O4. The summed E-state index contributed by atoms with van der Waals surface area (Å²) in [4.78, 5) is 23.7. The van der Waals surface area contributed by atoms with E-state index in [0.29, 0.717) is 19.6 Å². The molecule has 0 saturated carbocycles. The van der Waals surface area contributed by atoms with Crippen LogP contribution in [-0.2, 0) is 11.3 Å².